The predicted octanol–water partition coefficient (Wildman–Crippen LogP) is 3.14. The number of H-pyrrole nitrogens is 1. The van der Waals surface area contributed by atoms with Gasteiger partial charge in [0.05, 0.1) is 28.1 Å². The molecule has 1 unspecified atom stereocenters. The number of ether oxygens (including phenoxy) is 1. The second kappa shape index (κ2) is 10.9. The van der Waals surface area contributed by atoms with Crippen LogP contribution in [0.15, 0.2) is 24.3 Å². The van der Waals surface area contributed by atoms with E-state index in [1.165, 1.54) is 0 Å². The molecule has 3 rings (SSSR count). The van der Waals surface area contributed by atoms with Gasteiger partial charge in [-0.1, -0.05) is 12.1 Å². The Bertz CT molecular complexity index is 686. The van der Waals surface area contributed by atoms with E-state index < -0.39 is 0 Å². The van der Waals surface area contributed by atoms with Gasteiger partial charge in [0, 0.05) is 19.7 Å². The van der Waals surface area contributed by atoms with Gasteiger partial charge in [-0.15, -0.1) is 24.2 Å². The topological polar surface area (TPSA) is 84.2 Å². The van der Waals surface area contributed by atoms with Gasteiger partial charge in [-0.25, -0.2) is 4.98 Å². The van der Waals surface area contributed by atoms with Crippen LogP contribution in [0.2, 0.25) is 0 Å². The molecule has 3 N–H and O–H groups in total. The number of imidazole rings is 1. The molecule has 0 saturated carbocycles. The molecule has 6 nitrogen and oxygen atoms in total. The Labute approximate surface area is 171 Å². The molecule has 1 fully saturated rings. The maximum atomic E-state index is 12.5. The number of likely N-dealkylation sites (tertiary alicyclic amines) is 1. The smallest absolute Gasteiger partial charge is 0.232 e. The minimum Gasteiger partial charge on any atom is -0.378 e. The minimum atomic E-state index is 0. The number of halogens is 1. The number of benzene rings is 1. The van der Waals surface area contributed by atoms with Crippen molar-refractivity contribution in [1.29, 1.82) is 0 Å². The van der Waals surface area contributed by atoms with Crippen LogP contribution < -0.4 is 5.73 Å². The molecule has 1 aliphatic heterocycles. The second-order valence-electron chi connectivity index (χ2n) is 6.69. The highest BCUT2D eigenvalue weighted by molar-refractivity contribution is 8.00. The maximum Gasteiger partial charge on any atom is 0.232 e. The number of aromatic amines is 1. The molecule has 1 aromatic heterocycles. The zero-order chi connectivity index (χ0) is 18.4. The lowest BCUT2D eigenvalue weighted by Gasteiger charge is -2.32. The number of rotatable bonds is 8. The molecule has 1 saturated heterocycles. The highest BCUT2D eigenvalue weighted by atomic mass is 35.5. The number of hydrogen-bond donors (Lipinski definition) is 2. The number of nitrogens with zero attached hydrogens (tertiary/aromatic N) is 2. The average Bonchev–Trinajstić information content (AvgIpc) is 3.11. The number of hydrogen-bond acceptors (Lipinski definition) is 5. The number of fused-ring (bicyclic) bond motifs is 1. The van der Waals surface area contributed by atoms with Crippen LogP contribution in [0.5, 0.6) is 0 Å². The maximum absolute atomic E-state index is 12.5. The Morgan fingerprint density at radius 1 is 1.41 bits per heavy atom. The molecule has 150 valence electrons. The van der Waals surface area contributed by atoms with Crippen LogP contribution in [0.25, 0.3) is 11.0 Å². The standard InChI is InChI=1S/C19H28N4O2S.ClH/c1-14(19-21-16-5-2-3-6-17(16)22-19)26-13-18(24)23-10-7-15(8-11-23)25-12-4-9-20;/h2-3,5-6,14-15H,4,7-13,20H2,1H3,(H,21,22);1H. The summed E-state index contributed by atoms with van der Waals surface area (Å²) in [4.78, 5) is 22.4. The number of nitrogens with one attached hydrogen (secondary N) is 1. The normalized spacial score (nSPS) is 16.3. The van der Waals surface area contributed by atoms with E-state index >= 15 is 0 Å². The van der Waals surface area contributed by atoms with E-state index in [0.29, 0.717) is 12.3 Å². The molecule has 2 heterocycles. The van der Waals surface area contributed by atoms with Crippen LogP contribution in [0.4, 0.5) is 0 Å². The number of para-hydroxylation sites is 2. The average molecular weight is 413 g/mol. The Kier molecular flexibility index (Phi) is 8.89. The summed E-state index contributed by atoms with van der Waals surface area (Å²) in [7, 11) is 0. The quantitative estimate of drug-likeness (QED) is 0.650. The molecule has 0 aliphatic carbocycles. The molecule has 1 amide bonds. The lowest BCUT2D eigenvalue weighted by atomic mass is 10.1. The van der Waals surface area contributed by atoms with Crippen molar-refractivity contribution in [3.8, 4) is 0 Å². The van der Waals surface area contributed by atoms with Gasteiger partial charge in [0.1, 0.15) is 5.82 Å². The minimum absolute atomic E-state index is 0. The molecule has 2 aromatic rings. The summed E-state index contributed by atoms with van der Waals surface area (Å²) < 4.78 is 5.80. The van der Waals surface area contributed by atoms with Crippen LogP contribution in [0.3, 0.4) is 0 Å². The molecule has 0 spiro atoms. The highest BCUT2D eigenvalue weighted by Gasteiger charge is 2.24. The van der Waals surface area contributed by atoms with E-state index in [2.05, 4.69) is 16.9 Å². The van der Waals surface area contributed by atoms with E-state index in [-0.39, 0.29) is 29.7 Å². The van der Waals surface area contributed by atoms with Crippen LogP contribution in [0, 0.1) is 0 Å². The van der Waals surface area contributed by atoms with Gasteiger partial charge in [0.25, 0.3) is 0 Å². The number of thioether (sulfide) groups is 1. The van der Waals surface area contributed by atoms with Gasteiger partial charge >= 0.3 is 0 Å². The van der Waals surface area contributed by atoms with Crippen molar-refractivity contribution in [3.05, 3.63) is 30.1 Å². The van der Waals surface area contributed by atoms with Gasteiger partial charge in [-0.2, -0.15) is 0 Å². The molecule has 0 bridgehead atoms. The number of aromatic nitrogens is 2. The lowest BCUT2D eigenvalue weighted by Crippen LogP contribution is -2.41. The van der Waals surface area contributed by atoms with Crippen molar-refractivity contribution in [2.45, 2.75) is 37.5 Å². The highest BCUT2D eigenvalue weighted by Crippen LogP contribution is 2.28. The zero-order valence-electron chi connectivity index (χ0n) is 15.7. The first-order valence-corrected chi connectivity index (χ1v) is 10.4. The lowest BCUT2D eigenvalue weighted by molar-refractivity contribution is -0.130. The van der Waals surface area contributed by atoms with Crippen molar-refractivity contribution < 1.29 is 9.53 Å². The molecule has 1 atom stereocenters. The van der Waals surface area contributed by atoms with E-state index in [4.69, 9.17) is 10.5 Å². The number of nitrogens with two attached hydrogens (primary N) is 1. The second-order valence-corrected chi connectivity index (χ2v) is 8.01. The van der Waals surface area contributed by atoms with Crippen LogP contribution in [-0.4, -0.2) is 58.9 Å². The monoisotopic (exact) mass is 412 g/mol. The van der Waals surface area contributed by atoms with Gasteiger partial charge in [-0.3, -0.25) is 4.79 Å². The Morgan fingerprint density at radius 2 is 2.15 bits per heavy atom. The van der Waals surface area contributed by atoms with Gasteiger partial charge in [0.15, 0.2) is 0 Å². The van der Waals surface area contributed by atoms with Crippen molar-refractivity contribution in [2.75, 3.05) is 32.0 Å². The van der Waals surface area contributed by atoms with Crippen molar-refractivity contribution in [2.24, 2.45) is 5.73 Å². The fraction of sp³-hybridized carbons (Fsp3) is 0.579. The van der Waals surface area contributed by atoms with Crippen LogP contribution >= 0.6 is 24.2 Å². The molecule has 1 aromatic carbocycles. The van der Waals surface area contributed by atoms with Gasteiger partial charge in [-0.05, 0) is 44.9 Å². The summed E-state index contributed by atoms with van der Waals surface area (Å²) in [5, 5.41) is 0.156. The third-order valence-corrected chi connectivity index (χ3v) is 5.88. The molecule has 0 radical (unpaired) electrons. The van der Waals surface area contributed by atoms with Gasteiger partial charge in [0.2, 0.25) is 5.91 Å². The number of amides is 1. The van der Waals surface area contributed by atoms with E-state index in [0.717, 1.165) is 55.8 Å². The summed E-state index contributed by atoms with van der Waals surface area (Å²) in [6, 6.07) is 8.00. The first kappa shape index (κ1) is 22.0. The predicted molar refractivity (Wildman–Crippen MR) is 113 cm³/mol. The van der Waals surface area contributed by atoms with E-state index in [1.807, 2.05) is 29.2 Å². The fourth-order valence-electron chi connectivity index (χ4n) is 3.14. The summed E-state index contributed by atoms with van der Waals surface area (Å²) >= 11 is 1.63. The van der Waals surface area contributed by atoms with Crippen molar-refractivity contribution >= 4 is 41.1 Å². The third-order valence-electron chi connectivity index (χ3n) is 4.75. The molecular weight excluding hydrogens is 384 g/mol. The van der Waals surface area contributed by atoms with Crippen LogP contribution in [-0.2, 0) is 9.53 Å². The Hall–Kier alpha value is -1.28. The van der Waals surface area contributed by atoms with Crippen molar-refractivity contribution in [3.63, 3.8) is 0 Å². The van der Waals surface area contributed by atoms with E-state index in [1.54, 1.807) is 11.8 Å². The molecule has 27 heavy (non-hydrogen) atoms. The number of carbonyl (C=O) groups is 1. The summed E-state index contributed by atoms with van der Waals surface area (Å²) in [5.74, 6) is 1.62. The zero-order valence-corrected chi connectivity index (χ0v) is 17.4. The summed E-state index contributed by atoms with van der Waals surface area (Å²) in [5.41, 5.74) is 7.50. The summed E-state index contributed by atoms with van der Waals surface area (Å²) in [6.07, 6.45) is 3.00. The first-order valence-electron chi connectivity index (χ1n) is 9.33. The SMILES string of the molecule is CC(SCC(=O)N1CCC(OCCCN)CC1)c1nc2ccccc2[nH]1.Cl. The van der Waals surface area contributed by atoms with Crippen LogP contribution in [0.1, 0.15) is 37.3 Å². The number of piperidine rings is 1. The molecule has 1 aliphatic rings. The fourth-order valence-corrected chi connectivity index (χ4v) is 3.98. The third kappa shape index (κ3) is 6.10. The summed E-state index contributed by atoms with van der Waals surface area (Å²) in [6.45, 7) is 5.04. The molecule has 8 heteroatoms. The number of carbonyl (C=O) groups excluding carboxylic acids is 1. The largest absolute Gasteiger partial charge is 0.378 e. The van der Waals surface area contributed by atoms with E-state index in [9.17, 15) is 4.79 Å². The first-order chi connectivity index (χ1) is 12.7. The van der Waals surface area contributed by atoms with Gasteiger partial charge < -0.3 is 20.4 Å². The molecular formula is C19H29ClN4O2S. The Balaban J connectivity index is 0.00000261. The van der Waals surface area contributed by atoms with Crippen molar-refractivity contribution in [1.82, 2.24) is 14.9 Å². The Morgan fingerprint density at radius 3 is 2.85 bits per heavy atom.